The molecule has 2 aromatic rings. The quantitative estimate of drug-likeness (QED) is 0.872. The highest BCUT2D eigenvalue weighted by Crippen LogP contribution is 2.25. The summed E-state index contributed by atoms with van der Waals surface area (Å²) in [6, 6.07) is 13.7. The van der Waals surface area contributed by atoms with E-state index < -0.39 is 9.84 Å². The van der Waals surface area contributed by atoms with Crippen molar-refractivity contribution in [1.29, 1.82) is 0 Å². The normalized spacial score (nSPS) is 11.3. The van der Waals surface area contributed by atoms with Crippen LogP contribution in [0.3, 0.4) is 0 Å². The molecule has 24 heavy (non-hydrogen) atoms. The molecule has 0 heterocycles. The standard InChI is InChI=1S/C18H21NO4S/c1-13(2)23-16-10-6-5-9-15(16)19-18(20)12-14-8-4-7-11-17(14)24(3,21)22/h4-11,13H,12H2,1-3H3,(H,19,20). The predicted octanol–water partition coefficient (Wildman–Crippen LogP) is 3.06. The molecule has 0 aromatic heterocycles. The van der Waals surface area contributed by atoms with Crippen molar-refractivity contribution in [3.05, 3.63) is 54.1 Å². The van der Waals surface area contributed by atoms with E-state index in [1.54, 1.807) is 36.4 Å². The highest BCUT2D eigenvalue weighted by molar-refractivity contribution is 7.90. The van der Waals surface area contributed by atoms with Gasteiger partial charge in [-0.3, -0.25) is 4.79 Å². The Kier molecular flexibility index (Phi) is 5.62. The Morgan fingerprint density at radius 2 is 1.71 bits per heavy atom. The van der Waals surface area contributed by atoms with Crippen LogP contribution in [0.5, 0.6) is 5.75 Å². The minimum absolute atomic E-state index is 0.0194. The van der Waals surface area contributed by atoms with E-state index in [-0.39, 0.29) is 23.3 Å². The summed E-state index contributed by atoms with van der Waals surface area (Å²) in [6.07, 6.45) is 1.09. The molecule has 0 aliphatic rings. The van der Waals surface area contributed by atoms with Gasteiger partial charge in [0, 0.05) is 6.26 Å². The lowest BCUT2D eigenvalue weighted by Crippen LogP contribution is -2.17. The lowest BCUT2D eigenvalue weighted by molar-refractivity contribution is -0.115. The number of ether oxygens (including phenoxy) is 1. The van der Waals surface area contributed by atoms with Crippen molar-refractivity contribution in [3.8, 4) is 5.75 Å². The third kappa shape index (κ3) is 4.83. The third-order valence-corrected chi connectivity index (χ3v) is 4.44. The van der Waals surface area contributed by atoms with Crippen LogP contribution in [0.2, 0.25) is 0 Å². The molecule has 0 fully saturated rings. The van der Waals surface area contributed by atoms with E-state index in [2.05, 4.69) is 5.32 Å². The van der Waals surface area contributed by atoms with Crippen LogP contribution >= 0.6 is 0 Å². The van der Waals surface area contributed by atoms with Gasteiger partial charge >= 0.3 is 0 Å². The monoisotopic (exact) mass is 347 g/mol. The Bertz CT molecular complexity index is 828. The number of carbonyl (C=O) groups excluding carboxylic acids is 1. The van der Waals surface area contributed by atoms with E-state index in [0.717, 1.165) is 6.26 Å². The maximum atomic E-state index is 12.3. The Balaban J connectivity index is 2.19. The second-order valence-corrected chi connectivity index (χ2v) is 7.75. The summed E-state index contributed by atoms with van der Waals surface area (Å²) in [5.74, 6) is 0.281. The first kappa shape index (κ1) is 18.0. The van der Waals surface area contributed by atoms with Crippen molar-refractivity contribution in [1.82, 2.24) is 0 Å². The molecule has 0 unspecified atom stereocenters. The SMILES string of the molecule is CC(C)Oc1ccccc1NC(=O)Cc1ccccc1S(C)(=O)=O. The van der Waals surface area contributed by atoms with Crippen LogP contribution in [0.15, 0.2) is 53.4 Å². The molecule has 1 amide bonds. The van der Waals surface area contributed by atoms with Crippen molar-refractivity contribution in [2.75, 3.05) is 11.6 Å². The summed E-state index contributed by atoms with van der Waals surface area (Å²) in [7, 11) is -3.38. The van der Waals surface area contributed by atoms with Gasteiger partial charge < -0.3 is 10.1 Å². The van der Waals surface area contributed by atoms with Gasteiger partial charge in [0.1, 0.15) is 5.75 Å². The molecule has 128 valence electrons. The molecule has 0 spiro atoms. The Morgan fingerprint density at radius 1 is 1.08 bits per heavy atom. The van der Waals surface area contributed by atoms with E-state index in [9.17, 15) is 13.2 Å². The number of para-hydroxylation sites is 2. The summed E-state index contributed by atoms with van der Waals surface area (Å²) in [5, 5.41) is 2.78. The van der Waals surface area contributed by atoms with Gasteiger partial charge in [0.2, 0.25) is 5.91 Å². The average molecular weight is 347 g/mol. The number of rotatable bonds is 6. The maximum absolute atomic E-state index is 12.3. The molecule has 6 heteroatoms. The molecule has 1 N–H and O–H groups in total. The van der Waals surface area contributed by atoms with Crippen molar-refractivity contribution in [2.24, 2.45) is 0 Å². The smallest absolute Gasteiger partial charge is 0.228 e. The van der Waals surface area contributed by atoms with Gasteiger partial charge in [-0.2, -0.15) is 0 Å². The molecule has 0 atom stereocenters. The molecule has 2 aromatic carbocycles. The molecule has 0 saturated carbocycles. The first-order valence-corrected chi connectivity index (χ1v) is 9.50. The van der Waals surface area contributed by atoms with Crippen LogP contribution in [0.25, 0.3) is 0 Å². The van der Waals surface area contributed by atoms with Crippen LogP contribution < -0.4 is 10.1 Å². The molecule has 0 bridgehead atoms. The summed E-state index contributed by atoms with van der Waals surface area (Å²) in [4.78, 5) is 12.5. The fraction of sp³-hybridized carbons (Fsp3) is 0.278. The molecule has 0 saturated heterocycles. The first-order chi connectivity index (χ1) is 11.3. The number of benzene rings is 2. The van der Waals surface area contributed by atoms with Crippen LogP contribution in [-0.2, 0) is 21.1 Å². The van der Waals surface area contributed by atoms with Gasteiger partial charge in [-0.1, -0.05) is 30.3 Å². The second kappa shape index (κ2) is 7.49. The number of hydrogen-bond donors (Lipinski definition) is 1. The van der Waals surface area contributed by atoms with Crippen LogP contribution in [-0.4, -0.2) is 26.7 Å². The van der Waals surface area contributed by atoms with Crippen molar-refractivity contribution in [3.63, 3.8) is 0 Å². The number of hydrogen-bond acceptors (Lipinski definition) is 4. The predicted molar refractivity (Wildman–Crippen MR) is 94.1 cm³/mol. The van der Waals surface area contributed by atoms with E-state index in [4.69, 9.17) is 4.74 Å². The minimum atomic E-state index is -3.38. The second-order valence-electron chi connectivity index (χ2n) is 5.77. The van der Waals surface area contributed by atoms with E-state index >= 15 is 0 Å². The molecular formula is C18H21NO4S. The van der Waals surface area contributed by atoms with Crippen LogP contribution in [0, 0.1) is 0 Å². The highest BCUT2D eigenvalue weighted by Gasteiger charge is 2.16. The summed E-state index contributed by atoms with van der Waals surface area (Å²) >= 11 is 0. The maximum Gasteiger partial charge on any atom is 0.228 e. The van der Waals surface area contributed by atoms with Gasteiger partial charge in [0.15, 0.2) is 9.84 Å². The number of anilines is 1. The summed E-state index contributed by atoms with van der Waals surface area (Å²) in [5.41, 5.74) is 1.03. The third-order valence-electron chi connectivity index (χ3n) is 3.25. The van der Waals surface area contributed by atoms with E-state index in [0.29, 0.717) is 17.0 Å². The van der Waals surface area contributed by atoms with Crippen LogP contribution in [0.1, 0.15) is 19.4 Å². The largest absolute Gasteiger partial charge is 0.489 e. The fourth-order valence-electron chi connectivity index (χ4n) is 2.31. The molecular weight excluding hydrogens is 326 g/mol. The van der Waals surface area contributed by atoms with Gasteiger partial charge in [-0.05, 0) is 37.6 Å². The van der Waals surface area contributed by atoms with Gasteiger partial charge in [-0.25, -0.2) is 8.42 Å². The zero-order valence-corrected chi connectivity index (χ0v) is 14.8. The van der Waals surface area contributed by atoms with Crippen molar-refractivity contribution < 1.29 is 17.9 Å². The van der Waals surface area contributed by atoms with Gasteiger partial charge in [0.25, 0.3) is 0 Å². The molecule has 0 aliphatic carbocycles. The minimum Gasteiger partial charge on any atom is -0.489 e. The highest BCUT2D eigenvalue weighted by atomic mass is 32.2. The van der Waals surface area contributed by atoms with Crippen LogP contribution in [0.4, 0.5) is 5.69 Å². The molecule has 0 aliphatic heterocycles. The Hall–Kier alpha value is -2.34. The average Bonchev–Trinajstić information content (AvgIpc) is 2.48. The Labute approximate surface area is 142 Å². The fourth-order valence-corrected chi connectivity index (χ4v) is 3.25. The van der Waals surface area contributed by atoms with E-state index in [1.165, 1.54) is 6.07 Å². The zero-order chi connectivity index (χ0) is 17.7. The van der Waals surface area contributed by atoms with Crippen molar-refractivity contribution in [2.45, 2.75) is 31.3 Å². The van der Waals surface area contributed by atoms with Gasteiger partial charge in [0.05, 0.1) is 23.1 Å². The number of carbonyl (C=O) groups is 1. The Morgan fingerprint density at radius 3 is 2.38 bits per heavy atom. The number of amides is 1. The summed E-state index contributed by atoms with van der Waals surface area (Å²) < 4.78 is 29.3. The number of nitrogens with one attached hydrogen (secondary N) is 1. The zero-order valence-electron chi connectivity index (χ0n) is 13.9. The first-order valence-electron chi connectivity index (χ1n) is 7.61. The molecule has 0 radical (unpaired) electrons. The molecule has 2 rings (SSSR count). The summed E-state index contributed by atoms with van der Waals surface area (Å²) in [6.45, 7) is 3.81. The topological polar surface area (TPSA) is 72.5 Å². The van der Waals surface area contributed by atoms with E-state index in [1.807, 2.05) is 19.9 Å². The number of sulfone groups is 1. The lowest BCUT2D eigenvalue weighted by atomic mass is 10.1. The van der Waals surface area contributed by atoms with Gasteiger partial charge in [-0.15, -0.1) is 0 Å². The lowest BCUT2D eigenvalue weighted by Gasteiger charge is -2.15. The molecule has 5 nitrogen and oxygen atoms in total. The van der Waals surface area contributed by atoms with Crippen molar-refractivity contribution >= 4 is 21.4 Å².